The van der Waals surface area contributed by atoms with Crippen molar-refractivity contribution < 1.29 is 21.2 Å². The molecule has 0 spiro atoms. The van der Waals surface area contributed by atoms with Crippen LogP contribution in [0, 0.1) is 5.82 Å². The van der Waals surface area contributed by atoms with Gasteiger partial charge in [-0.3, -0.25) is 0 Å². The first kappa shape index (κ1) is 39.6. The average molecular weight is 803 g/mol. The van der Waals surface area contributed by atoms with Crippen molar-refractivity contribution in [1.29, 1.82) is 0 Å². The van der Waals surface area contributed by atoms with Crippen molar-refractivity contribution >= 4 is 42.7 Å². The van der Waals surface area contributed by atoms with E-state index in [1.165, 1.54) is 32.1 Å². The van der Waals surface area contributed by atoms with Gasteiger partial charge in [-0.05, 0) is 65.9 Å². The minimum Gasteiger partial charge on any atom is -0.241 e. The molecular weight excluding hydrogens is 760 g/mol. The summed E-state index contributed by atoms with van der Waals surface area (Å²) in [5.41, 5.74) is 6.52. The predicted molar refractivity (Wildman–Crippen MR) is 216 cm³/mol. The number of rotatable bonds is 17. The van der Waals surface area contributed by atoms with Crippen molar-refractivity contribution in [3.8, 4) is 22.5 Å². The van der Waals surface area contributed by atoms with Crippen LogP contribution in [0.15, 0.2) is 118 Å². The Balaban J connectivity index is 1.03. The molecule has 0 radical (unpaired) electrons. The fourth-order valence-electron chi connectivity index (χ4n) is 6.26. The van der Waals surface area contributed by atoms with Gasteiger partial charge in [0.2, 0.25) is 20.0 Å². The van der Waals surface area contributed by atoms with Gasteiger partial charge in [0.25, 0.3) is 0 Å². The molecule has 6 aromatic rings. The molecule has 0 N–H and O–H groups in total. The van der Waals surface area contributed by atoms with E-state index in [-0.39, 0.29) is 15.6 Å². The Bertz CT molecular complexity index is 2370. The van der Waals surface area contributed by atoms with Crippen LogP contribution in [0.4, 0.5) is 4.39 Å². The normalized spacial score (nSPS) is 12.2. The molecule has 0 bridgehead atoms. The zero-order valence-electron chi connectivity index (χ0n) is 30.5. The highest BCUT2D eigenvalue weighted by molar-refractivity contribution is 7.89. The van der Waals surface area contributed by atoms with E-state index in [0.717, 1.165) is 55.6 Å². The lowest BCUT2D eigenvalue weighted by molar-refractivity contribution is 0.420. The van der Waals surface area contributed by atoms with Crippen molar-refractivity contribution in [2.24, 2.45) is 0 Å². The maximum Gasteiger partial charge on any atom is 0.243 e. The van der Waals surface area contributed by atoms with Crippen molar-refractivity contribution in [1.82, 2.24) is 18.6 Å². The first-order valence-electron chi connectivity index (χ1n) is 17.9. The van der Waals surface area contributed by atoms with Crippen LogP contribution in [0.1, 0.15) is 53.9 Å². The maximum absolute atomic E-state index is 13.6. The number of hydrogen-bond acceptors (Lipinski definition) is 8. The topological polar surface area (TPSA) is 101 Å². The molecule has 0 aliphatic carbocycles. The number of aromatic nitrogens is 2. The largest absolute Gasteiger partial charge is 0.243 e. The molecular formula is C41H43FN4O4S4. The van der Waals surface area contributed by atoms with Crippen LogP contribution in [0.5, 0.6) is 0 Å². The molecule has 54 heavy (non-hydrogen) atoms. The quantitative estimate of drug-likeness (QED) is 0.0914. The van der Waals surface area contributed by atoms with Crippen molar-refractivity contribution in [2.75, 3.05) is 26.2 Å². The molecule has 0 aliphatic rings. The average Bonchev–Trinajstić information content (AvgIpc) is 3.85. The molecule has 0 unspecified atom stereocenters. The van der Waals surface area contributed by atoms with Gasteiger partial charge in [-0.2, -0.15) is 8.61 Å². The number of halogens is 1. The second kappa shape index (κ2) is 17.6. The summed E-state index contributed by atoms with van der Waals surface area (Å²) in [6, 6.07) is 28.5. The van der Waals surface area contributed by atoms with Crippen molar-refractivity contribution in [3.63, 3.8) is 0 Å². The molecule has 4 aromatic carbocycles. The van der Waals surface area contributed by atoms with E-state index in [2.05, 4.69) is 18.2 Å². The van der Waals surface area contributed by atoms with Crippen LogP contribution in [-0.2, 0) is 39.3 Å². The third-order valence-electron chi connectivity index (χ3n) is 9.23. The highest BCUT2D eigenvalue weighted by Gasteiger charge is 2.24. The third-order valence-corrected chi connectivity index (χ3v) is 15.0. The van der Waals surface area contributed by atoms with Crippen LogP contribution >= 0.6 is 22.7 Å². The van der Waals surface area contributed by atoms with Crippen LogP contribution in [-0.4, -0.2) is 61.6 Å². The second-order valence-corrected chi connectivity index (χ2v) is 18.6. The smallest absolute Gasteiger partial charge is 0.241 e. The van der Waals surface area contributed by atoms with Gasteiger partial charge in [0.05, 0.1) is 31.2 Å². The standard InChI is InChI=1S/C41H43FN4O4S4/c1-4-45(5-2)53(47,48)36-20-14-33(15-21-36)39-29-52-41(44-39)27-32-10-7-9-30(25-32)11-8-24-46(6-3)54(49,50)37-22-16-34(17-23-37)38-28-51-40(43-38)26-31-12-18-35(42)19-13-31/h7,9-10,12-23,25,28-29H,4-6,8,11,24,26-27H2,1-3H3. The van der Waals surface area contributed by atoms with Gasteiger partial charge in [0, 0.05) is 60.9 Å². The molecule has 0 fully saturated rings. The summed E-state index contributed by atoms with van der Waals surface area (Å²) >= 11 is 3.09. The van der Waals surface area contributed by atoms with Gasteiger partial charge in [0.1, 0.15) is 5.82 Å². The van der Waals surface area contributed by atoms with E-state index in [1.807, 2.05) is 49.7 Å². The van der Waals surface area contributed by atoms with Gasteiger partial charge in [-0.25, -0.2) is 31.2 Å². The van der Waals surface area contributed by atoms with Crippen LogP contribution < -0.4 is 0 Å². The van der Waals surface area contributed by atoms with E-state index in [0.29, 0.717) is 45.4 Å². The van der Waals surface area contributed by atoms with E-state index < -0.39 is 20.0 Å². The number of thiazole rings is 2. The fraction of sp³-hybridized carbons (Fsp3) is 0.268. The van der Waals surface area contributed by atoms with E-state index in [1.54, 1.807) is 59.9 Å². The SMILES string of the molecule is CCN(CC)S(=O)(=O)c1ccc(-c2csc(Cc3cccc(CCCN(CC)S(=O)(=O)c4ccc(-c5csc(Cc6ccc(F)cc6)n5)cc4)c3)n2)cc1. The predicted octanol–water partition coefficient (Wildman–Crippen LogP) is 8.93. The van der Waals surface area contributed by atoms with E-state index in [4.69, 9.17) is 9.97 Å². The molecule has 0 aliphatic heterocycles. The summed E-state index contributed by atoms with van der Waals surface area (Å²) in [6.07, 6.45) is 2.67. The van der Waals surface area contributed by atoms with Crippen molar-refractivity contribution in [3.05, 3.63) is 140 Å². The van der Waals surface area contributed by atoms with Gasteiger partial charge in [-0.15, -0.1) is 22.7 Å². The molecule has 2 aromatic heterocycles. The minimum atomic E-state index is -3.68. The monoisotopic (exact) mass is 802 g/mol. The maximum atomic E-state index is 13.6. The lowest BCUT2D eigenvalue weighted by Crippen LogP contribution is -2.32. The summed E-state index contributed by atoms with van der Waals surface area (Å²) < 4.78 is 69.2. The molecule has 0 saturated heterocycles. The molecule has 0 amide bonds. The van der Waals surface area contributed by atoms with Gasteiger partial charge >= 0.3 is 0 Å². The van der Waals surface area contributed by atoms with Crippen LogP contribution in [0.3, 0.4) is 0 Å². The number of aryl methyl sites for hydroxylation is 1. The van der Waals surface area contributed by atoms with Crippen LogP contribution in [0.2, 0.25) is 0 Å². The van der Waals surface area contributed by atoms with Gasteiger partial charge in [-0.1, -0.05) is 81.4 Å². The number of nitrogens with zero attached hydrogens (tertiary/aromatic N) is 4. The minimum absolute atomic E-state index is 0.250. The zero-order valence-corrected chi connectivity index (χ0v) is 33.7. The lowest BCUT2D eigenvalue weighted by Gasteiger charge is -2.20. The number of benzene rings is 4. The number of hydrogen-bond donors (Lipinski definition) is 0. The lowest BCUT2D eigenvalue weighted by atomic mass is 10.0. The second-order valence-electron chi connectivity index (χ2n) is 12.8. The first-order chi connectivity index (χ1) is 26.0. The Morgan fingerprint density at radius 2 is 1.07 bits per heavy atom. The summed E-state index contributed by atoms with van der Waals surface area (Å²) in [7, 11) is -7.20. The molecule has 2 heterocycles. The Morgan fingerprint density at radius 1 is 0.593 bits per heavy atom. The van der Waals surface area contributed by atoms with Crippen molar-refractivity contribution in [2.45, 2.75) is 56.2 Å². The summed E-state index contributed by atoms with van der Waals surface area (Å²) in [5.74, 6) is -0.269. The highest BCUT2D eigenvalue weighted by Crippen LogP contribution is 2.28. The Labute approximate surface area is 326 Å². The highest BCUT2D eigenvalue weighted by atomic mass is 32.2. The van der Waals surface area contributed by atoms with Gasteiger partial charge < -0.3 is 0 Å². The van der Waals surface area contributed by atoms with E-state index in [9.17, 15) is 21.2 Å². The Kier molecular flexibility index (Phi) is 12.9. The third kappa shape index (κ3) is 9.39. The first-order valence-corrected chi connectivity index (χ1v) is 22.6. The molecule has 0 atom stereocenters. The van der Waals surface area contributed by atoms with Gasteiger partial charge in [0.15, 0.2) is 0 Å². The Hall–Kier alpha value is -4.11. The number of sulfonamides is 2. The Morgan fingerprint density at radius 3 is 1.59 bits per heavy atom. The molecule has 0 saturated carbocycles. The summed E-state index contributed by atoms with van der Waals surface area (Å²) in [5, 5.41) is 5.80. The fourth-order valence-corrected chi connectivity index (χ4v) is 10.9. The molecule has 8 nitrogen and oxygen atoms in total. The van der Waals surface area contributed by atoms with E-state index >= 15 is 0 Å². The molecule has 282 valence electrons. The zero-order chi connectivity index (χ0) is 38.3. The molecule has 6 rings (SSSR count). The van der Waals surface area contributed by atoms with Crippen LogP contribution in [0.25, 0.3) is 22.5 Å². The molecule has 13 heteroatoms. The summed E-state index contributed by atoms with van der Waals surface area (Å²) in [6.45, 7) is 7.13. The summed E-state index contributed by atoms with van der Waals surface area (Å²) in [4.78, 5) is 10.1.